The van der Waals surface area contributed by atoms with Crippen molar-refractivity contribution in [3.8, 4) is 42.8 Å². The van der Waals surface area contributed by atoms with E-state index in [1.807, 2.05) is 58.0 Å². The van der Waals surface area contributed by atoms with Crippen LogP contribution in [0.4, 0.5) is 46.5 Å². The highest BCUT2D eigenvalue weighted by Gasteiger charge is 2.20. The van der Waals surface area contributed by atoms with E-state index < -0.39 is 0 Å². The predicted molar refractivity (Wildman–Crippen MR) is 439 cm³/mol. The number of anilines is 8. The fourth-order valence-electron chi connectivity index (χ4n) is 11.3. The summed E-state index contributed by atoms with van der Waals surface area (Å²) >= 11 is 6.24. The third kappa shape index (κ3) is 25.1. The molecule has 0 bridgehead atoms. The zero-order valence-electron chi connectivity index (χ0n) is 64.1. The maximum atomic E-state index is 12.0. The molecule has 0 spiro atoms. The van der Waals surface area contributed by atoms with Crippen LogP contribution in [0.2, 0.25) is 0 Å². The minimum Gasteiger partial charge on any atom is -0.462 e. The molecule has 0 saturated heterocycles. The molecular formula is C80H97N19O5S4. The summed E-state index contributed by atoms with van der Waals surface area (Å²) < 4.78 is 10.3. The zero-order valence-corrected chi connectivity index (χ0v) is 67.4. The van der Waals surface area contributed by atoms with E-state index in [0.717, 1.165) is 110 Å². The van der Waals surface area contributed by atoms with Crippen LogP contribution in [0.15, 0.2) is 122 Å². The minimum atomic E-state index is -0.351. The van der Waals surface area contributed by atoms with E-state index in [2.05, 4.69) is 215 Å². The molecule has 0 fully saturated rings. The normalized spacial score (nSPS) is 10.9. The number of esters is 1. The SMILES string of the molecule is CCN(CC)Cc1sc(-c2ccnc(Nc3cc(C)cc(C)c3)n2)nc1C.CCOC(=O)c1sc(-c2ccnc(Nc3cc(C)cc(C)c3)n2)nc1C.Cc1cc(C)cc(Nc2nccc(-c3nc(C)c(CNCCO)s3)n2)c1.Cc1cc(C)cc(Nc2nccc(-c3nc(C)c(CNCCOCCO)s3)n2)c1. The van der Waals surface area contributed by atoms with Gasteiger partial charge in [0.2, 0.25) is 23.8 Å². The molecule has 0 amide bonds. The van der Waals surface area contributed by atoms with Gasteiger partial charge in [-0.15, -0.1) is 45.3 Å². The highest BCUT2D eigenvalue weighted by Crippen LogP contribution is 2.33. The number of aliphatic hydroxyl groups is 2. The van der Waals surface area contributed by atoms with Gasteiger partial charge in [0.25, 0.3) is 0 Å². The molecule has 0 aliphatic carbocycles. The highest BCUT2D eigenvalue weighted by atomic mass is 32.1. The Kier molecular flexibility index (Phi) is 31.1. The molecule has 4 aromatic carbocycles. The summed E-state index contributed by atoms with van der Waals surface area (Å²) in [5.41, 5.74) is 20.2. The summed E-state index contributed by atoms with van der Waals surface area (Å²) in [4.78, 5) is 72.8. The molecule has 8 heterocycles. The first kappa shape index (κ1) is 82.2. The summed E-state index contributed by atoms with van der Waals surface area (Å²) in [5, 5.41) is 40.6. The Bertz CT molecular complexity index is 4840. The van der Waals surface area contributed by atoms with Crippen LogP contribution >= 0.6 is 45.3 Å². The summed E-state index contributed by atoms with van der Waals surface area (Å²) in [6, 6.07) is 32.5. The van der Waals surface area contributed by atoms with E-state index in [9.17, 15) is 4.79 Å². The van der Waals surface area contributed by atoms with E-state index >= 15 is 0 Å². The number of ether oxygens (including phenoxy) is 2. The number of nitrogens with one attached hydrogen (secondary N) is 6. The fourth-order valence-corrected chi connectivity index (χ4v) is 15.3. The Labute approximate surface area is 649 Å². The lowest BCUT2D eigenvalue weighted by Gasteiger charge is -2.16. The van der Waals surface area contributed by atoms with Gasteiger partial charge in [-0.2, -0.15) is 0 Å². The van der Waals surface area contributed by atoms with Crippen LogP contribution in [-0.4, -0.2) is 140 Å². The number of hydrogen-bond acceptors (Lipinski definition) is 28. The van der Waals surface area contributed by atoms with Gasteiger partial charge in [-0.1, -0.05) is 38.1 Å². The van der Waals surface area contributed by atoms with Gasteiger partial charge in [-0.25, -0.2) is 64.6 Å². The first-order valence-electron chi connectivity index (χ1n) is 35.8. The van der Waals surface area contributed by atoms with Crippen molar-refractivity contribution < 1.29 is 24.5 Å². The number of nitrogens with zero attached hydrogens (tertiary/aromatic N) is 13. The summed E-state index contributed by atoms with van der Waals surface area (Å²) in [5.74, 6) is 1.84. The monoisotopic (exact) mass is 1530 g/mol. The molecule has 12 rings (SSSR count). The van der Waals surface area contributed by atoms with Crippen molar-refractivity contribution in [1.29, 1.82) is 0 Å². The van der Waals surface area contributed by atoms with Crippen LogP contribution in [0.25, 0.3) is 42.8 Å². The molecule has 0 atom stereocenters. The lowest BCUT2D eigenvalue weighted by Crippen LogP contribution is -2.21. The maximum absolute atomic E-state index is 12.0. The van der Waals surface area contributed by atoms with Crippen LogP contribution in [0.3, 0.4) is 0 Å². The van der Waals surface area contributed by atoms with Gasteiger partial charge >= 0.3 is 5.97 Å². The van der Waals surface area contributed by atoms with Crippen LogP contribution in [0, 0.1) is 83.1 Å². The number of aryl methyl sites for hydroxylation is 12. The van der Waals surface area contributed by atoms with Crippen molar-refractivity contribution >= 4 is 97.9 Å². The van der Waals surface area contributed by atoms with Crippen molar-refractivity contribution in [2.24, 2.45) is 0 Å². The van der Waals surface area contributed by atoms with Gasteiger partial charge in [-0.05, 0) is 220 Å². The molecule has 0 radical (unpaired) electrons. The number of carbonyl (C=O) groups excluding carboxylic acids is 1. The lowest BCUT2D eigenvalue weighted by molar-refractivity contribution is 0.0531. The van der Waals surface area contributed by atoms with E-state index in [1.54, 1.807) is 78.7 Å². The standard InChI is InChI=1S/C21H27N5O2S.C21H27N5S.C19H23N5OS.C19H20N4O2S/c1-14-10-15(2)12-17(11-14)25-21-23-5-4-18(26-21)20-24-16(3)19(29-20)13-22-6-8-28-9-7-27;1-6-26(7-2)13-19-16(5)23-20(27-19)18-8-9-22-21(25-18)24-17-11-14(3)10-15(4)12-17;1-12-8-13(2)10-15(9-12)23-19-21-5-4-16(24-19)18-22-14(3)17(26-18)11-20-6-7-25;1-5-25-18(24)16-13(4)21-17(26-16)15-6-7-20-19(23-15)22-14-9-11(2)8-12(3)10-14/h4-5,10-12,22,27H,6-9,13H2,1-3H3,(H,23,25,26);8-12H,6-7,13H2,1-5H3,(H,22,24,25);4-5,8-10,20,25H,6-7,11H2,1-3H3,(H,21,23,24);6-10H,5H2,1-4H3,(H,20,22,23). The summed E-state index contributed by atoms with van der Waals surface area (Å²) in [7, 11) is 0. The van der Waals surface area contributed by atoms with Crippen molar-refractivity contribution in [3.05, 3.63) is 209 Å². The van der Waals surface area contributed by atoms with Crippen molar-refractivity contribution in [2.75, 3.05) is 80.5 Å². The van der Waals surface area contributed by atoms with Gasteiger partial charge < -0.3 is 51.6 Å². The lowest BCUT2D eigenvalue weighted by atomic mass is 10.1. The molecule has 24 nitrogen and oxygen atoms in total. The molecule has 108 heavy (non-hydrogen) atoms. The Morgan fingerprint density at radius 2 is 0.722 bits per heavy atom. The first-order chi connectivity index (χ1) is 52.0. The number of carbonyl (C=O) groups is 1. The summed E-state index contributed by atoms with van der Waals surface area (Å²) in [6.07, 6.45) is 6.95. The molecule has 0 aliphatic heterocycles. The van der Waals surface area contributed by atoms with Crippen LogP contribution in [-0.2, 0) is 29.1 Å². The van der Waals surface area contributed by atoms with Gasteiger partial charge in [0, 0.05) is 94.9 Å². The second-order valence-electron chi connectivity index (χ2n) is 25.7. The molecule has 0 saturated carbocycles. The van der Waals surface area contributed by atoms with E-state index in [1.165, 1.54) is 65.6 Å². The molecular weight excluding hydrogens is 1440 g/mol. The second-order valence-corrected chi connectivity index (χ2v) is 29.9. The molecule has 8 N–H and O–H groups in total. The van der Waals surface area contributed by atoms with Crippen molar-refractivity contribution in [3.63, 3.8) is 0 Å². The molecule has 8 aromatic heterocycles. The molecule has 566 valence electrons. The summed E-state index contributed by atoms with van der Waals surface area (Å²) in [6.45, 7) is 37.8. The van der Waals surface area contributed by atoms with Crippen molar-refractivity contribution in [1.82, 2.24) is 75.3 Å². The van der Waals surface area contributed by atoms with Crippen LogP contribution < -0.4 is 31.9 Å². The first-order valence-corrected chi connectivity index (χ1v) is 39.0. The minimum absolute atomic E-state index is 0.0522. The fraction of sp³-hybridized carbons (Fsp3) is 0.338. The zero-order chi connectivity index (χ0) is 77.2. The second kappa shape index (κ2) is 40.9. The van der Waals surface area contributed by atoms with Gasteiger partial charge in [0.15, 0.2) is 0 Å². The maximum Gasteiger partial charge on any atom is 0.350 e. The average Bonchev–Trinajstić information content (AvgIpc) is 1.67. The number of thiazole rings is 4. The van der Waals surface area contributed by atoms with Crippen LogP contribution in [0.5, 0.6) is 0 Å². The molecule has 0 aliphatic rings. The number of aromatic nitrogens is 12. The topological polar surface area (TPSA) is 306 Å². The number of hydrogen-bond donors (Lipinski definition) is 8. The smallest absolute Gasteiger partial charge is 0.350 e. The van der Waals surface area contributed by atoms with Crippen molar-refractivity contribution in [2.45, 2.75) is 123 Å². The molecule has 12 aromatic rings. The quantitative estimate of drug-likeness (QED) is 0.0160. The van der Waals surface area contributed by atoms with E-state index in [-0.39, 0.29) is 19.2 Å². The predicted octanol–water partition coefficient (Wildman–Crippen LogP) is 16.3. The average molecular weight is 1530 g/mol. The Morgan fingerprint density at radius 1 is 0.398 bits per heavy atom. The number of benzene rings is 4. The van der Waals surface area contributed by atoms with E-state index in [4.69, 9.17) is 24.7 Å². The molecule has 28 heteroatoms. The van der Waals surface area contributed by atoms with E-state index in [0.29, 0.717) is 78.0 Å². The number of rotatable bonds is 29. The highest BCUT2D eigenvalue weighted by molar-refractivity contribution is 7.17. The Balaban J connectivity index is 0.000000166. The number of aliphatic hydroxyl groups excluding tert-OH is 2. The van der Waals surface area contributed by atoms with Crippen LogP contribution in [0.1, 0.15) is 112 Å². The van der Waals surface area contributed by atoms with Gasteiger partial charge in [0.1, 0.15) is 47.7 Å². The Hall–Kier alpha value is -9.85. The Morgan fingerprint density at radius 3 is 1.06 bits per heavy atom. The van der Waals surface area contributed by atoms with Gasteiger partial charge in [-0.3, -0.25) is 4.90 Å². The third-order valence-electron chi connectivity index (χ3n) is 16.1. The third-order valence-corrected chi connectivity index (χ3v) is 20.8. The molecule has 0 unspecified atom stereocenters. The largest absolute Gasteiger partial charge is 0.462 e. The van der Waals surface area contributed by atoms with Gasteiger partial charge in [0.05, 0.1) is 55.8 Å².